The number of aromatic nitrogens is 4. The molecule has 0 unspecified atom stereocenters. The number of ether oxygens (including phenoxy) is 2. The van der Waals surface area contributed by atoms with Gasteiger partial charge in [-0.25, -0.2) is 0 Å². The van der Waals surface area contributed by atoms with E-state index in [9.17, 15) is 0 Å². The van der Waals surface area contributed by atoms with Crippen LogP contribution in [0.5, 0.6) is 17.5 Å². The summed E-state index contributed by atoms with van der Waals surface area (Å²) in [6.45, 7) is 5.15. The zero-order chi connectivity index (χ0) is 19.8. The van der Waals surface area contributed by atoms with Crippen LogP contribution in [-0.4, -0.2) is 58.9 Å². The number of hydrogen-bond acceptors (Lipinski definition) is 7. The van der Waals surface area contributed by atoms with E-state index in [1.165, 1.54) is 0 Å². The van der Waals surface area contributed by atoms with Crippen LogP contribution in [0, 0.1) is 0 Å². The maximum Gasteiger partial charge on any atom is 0.346 e. The van der Waals surface area contributed by atoms with Crippen molar-refractivity contribution in [3.63, 3.8) is 0 Å². The fourth-order valence-electron chi connectivity index (χ4n) is 2.62. The third-order valence-electron chi connectivity index (χ3n) is 4.02. The van der Waals surface area contributed by atoms with Crippen LogP contribution in [0.3, 0.4) is 0 Å². The molecular formula is C20H28Cl2N6O2. The van der Waals surface area contributed by atoms with Gasteiger partial charge >= 0.3 is 6.01 Å². The summed E-state index contributed by atoms with van der Waals surface area (Å²) in [5, 5.41) is 15.2. The average Bonchev–Trinajstić information content (AvgIpc) is 3.16. The van der Waals surface area contributed by atoms with Gasteiger partial charge in [-0.15, -0.1) is 24.8 Å². The molecule has 0 aliphatic heterocycles. The quantitative estimate of drug-likeness (QED) is 0.470. The van der Waals surface area contributed by atoms with Gasteiger partial charge in [-0.3, -0.25) is 0 Å². The lowest BCUT2D eigenvalue weighted by molar-refractivity contribution is 0.315. The predicted molar refractivity (Wildman–Crippen MR) is 122 cm³/mol. The fourth-order valence-corrected chi connectivity index (χ4v) is 2.62. The molecule has 3 aromatic rings. The highest BCUT2D eigenvalue weighted by Crippen LogP contribution is 2.32. The molecule has 10 heteroatoms. The monoisotopic (exact) mass is 454 g/mol. The Hall–Kier alpha value is -2.39. The van der Waals surface area contributed by atoms with E-state index in [2.05, 4.69) is 39.8 Å². The summed E-state index contributed by atoms with van der Waals surface area (Å²) in [4.78, 5) is 2.15. The van der Waals surface area contributed by atoms with Gasteiger partial charge in [0, 0.05) is 19.6 Å². The molecule has 0 atom stereocenters. The molecule has 0 bridgehead atoms. The van der Waals surface area contributed by atoms with Gasteiger partial charge in [0.25, 0.3) is 0 Å². The molecular weight excluding hydrogens is 427 g/mol. The van der Waals surface area contributed by atoms with Crippen LogP contribution in [-0.2, 0) is 6.54 Å². The molecule has 30 heavy (non-hydrogen) atoms. The number of benzene rings is 2. The van der Waals surface area contributed by atoms with Crippen LogP contribution in [0.1, 0.15) is 12.5 Å². The van der Waals surface area contributed by atoms with Crippen molar-refractivity contribution in [3.05, 3.63) is 54.1 Å². The Kier molecular flexibility index (Phi) is 11.1. The molecule has 0 spiro atoms. The summed E-state index contributed by atoms with van der Waals surface area (Å²) in [6.07, 6.45) is 0. The molecule has 0 fully saturated rings. The summed E-state index contributed by atoms with van der Waals surface area (Å²) < 4.78 is 13.3. The molecule has 2 aromatic carbocycles. The maximum absolute atomic E-state index is 5.97. The van der Waals surface area contributed by atoms with Crippen LogP contribution in [0.25, 0.3) is 5.69 Å². The van der Waals surface area contributed by atoms with E-state index in [1.807, 2.05) is 55.5 Å². The molecule has 164 valence electrons. The Morgan fingerprint density at radius 3 is 2.50 bits per heavy atom. The van der Waals surface area contributed by atoms with Crippen molar-refractivity contribution in [2.24, 2.45) is 0 Å². The minimum absolute atomic E-state index is 0. The van der Waals surface area contributed by atoms with E-state index in [0.717, 1.165) is 30.9 Å². The molecule has 0 radical (unpaired) electrons. The first-order valence-electron chi connectivity index (χ1n) is 9.30. The third-order valence-corrected chi connectivity index (χ3v) is 4.02. The Bertz CT molecular complexity index is 877. The van der Waals surface area contributed by atoms with Gasteiger partial charge in [-0.2, -0.15) is 4.68 Å². The highest BCUT2D eigenvalue weighted by molar-refractivity contribution is 5.85. The van der Waals surface area contributed by atoms with Gasteiger partial charge in [0.15, 0.2) is 11.5 Å². The lowest BCUT2D eigenvalue weighted by atomic mass is 10.2. The normalized spacial score (nSPS) is 10.3. The first-order chi connectivity index (χ1) is 13.7. The third kappa shape index (κ3) is 7.14. The highest BCUT2D eigenvalue weighted by Gasteiger charge is 2.14. The summed E-state index contributed by atoms with van der Waals surface area (Å²) in [7, 11) is 4.12. The number of halogens is 2. The predicted octanol–water partition coefficient (Wildman–Crippen LogP) is 3.35. The van der Waals surface area contributed by atoms with Crippen molar-refractivity contribution in [2.75, 3.05) is 33.8 Å². The Balaban J connectivity index is 0.00000225. The standard InChI is InChI=1S/C20H26N6O2.2ClH/c1-4-27-19-14-16(15-21-12-13-25(2)3)10-11-18(19)28-20-22-23-24-26(20)17-8-6-5-7-9-17;;/h5-11,14,21H,4,12-13,15H2,1-3H3;2*1H. The number of nitrogens with zero attached hydrogens (tertiary/aromatic N) is 5. The van der Waals surface area contributed by atoms with Gasteiger partial charge in [0.2, 0.25) is 0 Å². The van der Waals surface area contributed by atoms with Gasteiger partial charge in [0.1, 0.15) is 0 Å². The Morgan fingerprint density at radius 1 is 1.03 bits per heavy atom. The lowest BCUT2D eigenvalue weighted by Gasteiger charge is -2.14. The zero-order valence-electron chi connectivity index (χ0n) is 17.3. The van der Waals surface area contributed by atoms with Crippen molar-refractivity contribution in [1.29, 1.82) is 0 Å². The summed E-state index contributed by atoms with van der Waals surface area (Å²) in [6, 6.07) is 15.8. The molecule has 3 rings (SSSR count). The average molecular weight is 455 g/mol. The smallest absolute Gasteiger partial charge is 0.346 e. The largest absolute Gasteiger partial charge is 0.490 e. The van der Waals surface area contributed by atoms with E-state index < -0.39 is 0 Å². The second kappa shape index (κ2) is 13.0. The number of para-hydroxylation sites is 1. The van der Waals surface area contributed by atoms with Crippen LogP contribution in [0.4, 0.5) is 0 Å². The van der Waals surface area contributed by atoms with E-state index in [1.54, 1.807) is 4.68 Å². The minimum atomic E-state index is 0. The van der Waals surface area contributed by atoms with Crippen molar-refractivity contribution < 1.29 is 9.47 Å². The van der Waals surface area contributed by atoms with Crippen molar-refractivity contribution in [1.82, 2.24) is 30.4 Å². The molecule has 0 amide bonds. The fraction of sp³-hybridized carbons (Fsp3) is 0.350. The van der Waals surface area contributed by atoms with Crippen molar-refractivity contribution >= 4 is 24.8 Å². The molecule has 0 saturated heterocycles. The minimum Gasteiger partial charge on any atom is -0.490 e. The second-order valence-electron chi connectivity index (χ2n) is 6.51. The summed E-state index contributed by atoms with van der Waals surface area (Å²) in [5.74, 6) is 1.24. The SMILES string of the molecule is CCOc1cc(CNCCN(C)C)ccc1Oc1nnnn1-c1ccccc1.Cl.Cl. The van der Waals surface area contributed by atoms with Gasteiger partial charge in [-0.1, -0.05) is 29.4 Å². The lowest BCUT2D eigenvalue weighted by Crippen LogP contribution is -2.26. The number of hydrogen-bond donors (Lipinski definition) is 1. The van der Waals surface area contributed by atoms with Crippen molar-refractivity contribution in [3.8, 4) is 23.2 Å². The number of tetrazole rings is 1. The molecule has 0 saturated carbocycles. The van der Waals surface area contributed by atoms with E-state index in [4.69, 9.17) is 9.47 Å². The first kappa shape index (κ1) is 25.6. The molecule has 8 nitrogen and oxygen atoms in total. The molecule has 1 aromatic heterocycles. The topological polar surface area (TPSA) is 77.3 Å². The molecule has 1 N–H and O–H groups in total. The number of nitrogens with one attached hydrogen (secondary N) is 1. The van der Waals surface area contributed by atoms with Crippen molar-refractivity contribution in [2.45, 2.75) is 13.5 Å². The van der Waals surface area contributed by atoms with Crippen LogP contribution in [0.15, 0.2) is 48.5 Å². The second-order valence-corrected chi connectivity index (χ2v) is 6.51. The van der Waals surface area contributed by atoms with E-state index in [0.29, 0.717) is 18.1 Å². The van der Waals surface area contributed by atoms with E-state index in [-0.39, 0.29) is 30.8 Å². The van der Waals surface area contributed by atoms with Crippen LogP contribution >= 0.6 is 24.8 Å². The number of rotatable bonds is 10. The molecule has 0 aliphatic rings. The Labute approximate surface area is 189 Å². The van der Waals surface area contributed by atoms with Gasteiger partial charge in [0.05, 0.1) is 12.3 Å². The molecule has 0 aliphatic carbocycles. The summed E-state index contributed by atoms with van der Waals surface area (Å²) >= 11 is 0. The highest BCUT2D eigenvalue weighted by atomic mass is 35.5. The maximum atomic E-state index is 5.97. The zero-order valence-corrected chi connectivity index (χ0v) is 18.9. The first-order valence-corrected chi connectivity index (χ1v) is 9.30. The molecule has 1 heterocycles. The Morgan fingerprint density at radius 2 is 1.80 bits per heavy atom. The van der Waals surface area contributed by atoms with Gasteiger partial charge < -0.3 is 19.7 Å². The number of likely N-dealkylation sites (N-methyl/N-ethyl adjacent to an activating group) is 1. The van der Waals surface area contributed by atoms with Gasteiger partial charge in [-0.05, 0) is 61.3 Å². The summed E-state index contributed by atoms with van der Waals surface area (Å²) in [5.41, 5.74) is 1.94. The van der Waals surface area contributed by atoms with Crippen LogP contribution < -0.4 is 14.8 Å². The van der Waals surface area contributed by atoms with Crippen LogP contribution in [0.2, 0.25) is 0 Å². The van der Waals surface area contributed by atoms with E-state index >= 15 is 0 Å².